The molecular formula is C24H26N2OS. The Hall–Kier alpha value is -2.85. The van der Waals surface area contributed by atoms with E-state index < -0.39 is 0 Å². The van der Waals surface area contributed by atoms with E-state index in [1.807, 2.05) is 42.5 Å². The molecule has 0 aliphatic heterocycles. The molecule has 2 N–H and O–H groups in total. The lowest BCUT2D eigenvalue weighted by Crippen LogP contribution is -2.18. The molecular weight excluding hydrogens is 364 g/mol. The van der Waals surface area contributed by atoms with Crippen molar-refractivity contribution in [2.75, 3.05) is 10.6 Å². The molecule has 0 saturated carbocycles. The van der Waals surface area contributed by atoms with Crippen molar-refractivity contribution in [3.8, 4) is 5.75 Å². The molecule has 0 fully saturated rings. The van der Waals surface area contributed by atoms with Crippen molar-refractivity contribution in [1.82, 2.24) is 0 Å². The van der Waals surface area contributed by atoms with E-state index in [2.05, 4.69) is 54.0 Å². The first-order chi connectivity index (χ1) is 13.7. The summed E-state index contributed by atoms with van der Waals surface area (Å²) in [5, 5.41) is 7.00. The van der Waals surface area contributed by atoms with Gasteiger partial charge >= 0.3 is 0 Å². The number of rotatable bonds is 8. The minimum atomic E-state index is 0.557. The molecule has 4 heteroatoms. The van der Waals surface area contributed by atoms with Gasteiger partial charge in [0.05, 0.1) is 0 Å². The van der Waals surface area contributed by atoms with Gasteiger partial charge in [-0.3, -0.25) is 0 Å². The molecule has 0 heterocycles. The summed E-state index contributed by atoms with van der Waals surface area (Å²) in [4.78, 5) is 0. The van der Waals surface area contributed by atoms with Crippen molar-refractivity contribution < 1.29 is 4.74 Å². The van der Waals surface area contributed by atoms with Crippen LogP contribution in [0, 0.1) is 0 Å². The molecule has 0 amide bonds. The van der Waals surface area contributed by atoms with E-state index >= 15 is 0 Å². The number of hydrogen-bond donors (Lipinski definition) is 2. The minimum absolute atomic E-state index is 0.557. The number of anilines is 2. The van der Waals surface area contributed by atoms with Gasteiger partial charge in [0.2, 0.25) is 0 Å². The predicted octanol–water partition coefficient (Wildman–Crippen LogP) is 6.42. The van der Waals surface area contributed by atoms with E-state index in [9.17, 15) is 0 Å². The first kappa shape index (κ1) is 19.9. The highest BCUT2D eigenvalue weighted by Crippen LogP contribution is 2.18. The maximum absolute atomic E-state index is 5.81. The van der Waals surface area contributed by atoms with Crippen molar-refractivity contribution in [1.29, 1.82) is 0 Å². The Balaban J connectivity index is 1.47. The Morgan fingerprint density at radius 3 is 2.00 bits per heavy atom. The van der Waals surface area contributed by atoms with Crippen LogP contribution in [0.5, 0.6) is 5.75 Å². The van der Waals surface area contributed by atoms with Gasteiger partial charge in [-0.2, -0.15) is 0 Å². The Morgan fingerprint density at radius 2 is 1.39 bits per heavy atom. The van der Waals surface area contributed by atoms with Crippen molar-refractivity contribution in [3.05, 3.63) is 90.0 Å². The molecule has 0 aliphatic carbocycles. The molecule has 144 valence electrons. The third-order valence-electron chi connectivity index (χ3n) is 4.39. The lowest BCUT2D eigenvalue weighted by molar-refractivity contribution is 0.306. The second-order valence-corrected chi connectivity index (χ2v) is 7.09. The quantitative estimate of drug-likeness (QED) is 0.435. The molecule has 0 unspecified atom stereocenters. The van der Waals surface area contributed by atoms with Gasteiger partial charge in [-0.15, -0.1) is 0 Å². The largest absolute Gasteiger partial charge is 0.489 e. The highest BCUT2D eigenvalue weighted by atomic mass is 32.1. The van der Waals surface area contributed by atoms with Crippen LogP contribution >= 0.6 is 12.2 Å². The summed E-state index contributed by atoms with van der Waals surface area (Å²) in [5.74, 6) is 0.830. The van der Waals surface area contributed by atoms with E-state index in [1.165, 1.54) is 18.4 Å². The zero-order valence-corrected chi connectivity index (χ0v) is 17.0. The zero-order valence-electron chi connectivity index (χ0n) is 16.2. The van der Waals surface area contributed by atoms with Crippen LogP contribution in [0.3, 0.4) is 0 Å². The lowest BCUT2D eigenvalue weighted by Gasteiger charge is -2.12. The van der Waals surface area contributed by atoms with Crippen molar-refractivity contribution in [2.24, 2.45) is 0 Å². The number of ether oxygens (including phenoxy) is 1. The fourth-order valence-electron chi connectivity index (χ4n) is 2.80. The number of unbranched alkanes of at least 4 members (excludes halogenated alkanes) is 1. The molecule has 0 bridgehead atoms. The third-order valence-corrected chi connectivity index (χ3v) is 4.60. The van der Waals surface area contributed by atoms with Crippen LogP contribution in [-0.4, -0.2) is 5.11 Å². The van der Waals surface area contributed by atoms with Gasteiger partial charge in [-0.25, -0.2) is 0 Å². The van der Waals surface area contributed by atoms with Crippen LogP contribution in [0.4, 0.5) is 11.4 Å². The molecule has 0 saturated heterocycles. The van der Waals surface area contributed by atoms with Crippen molar-refractivity contribution in [2.45, 2.75) is 32.8 Å². The molecule has 28 heavy (non-hydrogen) atoms. The van der Waals surface area contributed by atoms with Crippen LogP contribution in [0.2, 0.25) is 0 Å². The molecule has 3 aromatic carbocycles. The fourth-order valence-corrected chi connectivity index (χ4v) is 3.04. The highest BCUT2D eigenvalue weighted by Gasteiger charge is 2.01. The van der Waals surface area contributed by atoms with Gasteiger partial charge in [0.25, 0.3) is 0 Å². The monoisotopic (exact) mass is 390 g/mol. The molecule has 3 nitrogen and oxygen atoms in total. The van der Waals surface area contributed by atoms with Gasteiger partial charge < -0.3 is 15.4 Å². The second-order valence-electron chi connectivity index (χ2n) is 6.68. The standard InChI is InChI=1S/C24H26N2OS/c1-2-3-7-19-10-12-21(13-11-19)25-24(28)26-22-14-16-23(17-15-22)27-18-20-8-5-4-6-9-20/h4-6,8-17H,2-3,7,18H2,1H3,(H2,25,26,28). The predicted molar refractivity (Wildman–Crippen MR) is 122 cm³/mol. The molecule has 0 spiro atoms. The van der Waals surface area contributed by atoms with Gasteiger partial charge in [-0.1, -0.05) is 55.8 Å². The summed E-state index contributed by atoms with van der Waals surface area (Å²) >= 11 is 5.42. The Kier molecular flexibility index (Phi) is 7.44. The first-order valence-electron chi connectivity index (χ1n) is 9.66. The van der Waals surface area contributed by atoms with Gasteiger partial charge in [0.15, 0.2) is 5.11 Å². The van der Waals surface area contributed by atoms with E-state index in [0.29, 0.717) is 11.7 Å². The van der Waals surface area contributed by atoms with Gasteiger partial charge in [0.1, 0.15) is 12.4 Å². The number of hydrogen-bond acceptors (Lipinski definition) is 2. The number of thiocarbonyl (C=S) groups is 1. The maximum Gasteiger partial charge on any atom is 0.175 e. The summed E-state index contributed by atoms with van der Waals surface area (Å²) in [6, 6.07) is 26.4. The molecule has 0 aliphatic rings. The number of nitrogens with one attached hydrogen (secondary N) is 2. The SMILES string of the molecule is CCCCc1ccc(NC(=S)Nc2ccc(OCc3ccccc3)cc2)cc1. The molecule has 0 radical (unpaired) electrons. The van der Waals surface area contributed by atoms with Gasteiger partial charge in [0, 0.05) is 11.4 Å². The van der Waals surface area contributed by atoms with Crippen LogP contribution in [0.15, 0.2) is 78.9 Å². The summed E-state index contributed by atoms with van der Waals surface area (Å²) in [6.07, 6.45) is 3.56. The zero-order chi connectivity index (χ0) is 19.6. The highest BCUT2D eigenvalue weighted by molar-refractivity contribution is 7.80. The van der Waals surface area contributed by atoms with Gasteiger partial charge in [-0.05, 0) is 72.6 Å². The Morgan fingerprint density at radius 1 is 0.786 bits per heavy atom. The second kappa shape index (κ2) is 10.5. The Labute approximate surface area is 172 Å². The van der Waals surface area contributed by atoms with E-state index in [1.54, 1.807) is 0 Å². The molecule has 3 aromatic rings. The van der Waals surface area contributed by atoms with Crippen LogP contribution in [0.1, 0.15) is 30.9 Å². The van der Waals surface area contributed by atoms with Crippen LogP contribution in [0.25, 0.3) is 0 Å². The fraction of sp³-hybridized carbons (Fsp3) is 0.208. The van der Waals surface area contributed by atoms with Crippen molar-refractivity contribution >= 4 is 28.7 Å². The normalized spacial score (nSPS) is 10.3. The summed E-state index contributed by atoms with van der Waals surface area (Å²) in [7, 11) is 0. The number of benzene rings is 3. The molecule has 0 atom stereocenters. The van der Waals surface area contributed by atoms with Crippen LogP contribution in [-0.2, 0) is 13.0 Å². The van der Waals surface area contributed by atoms with Crippen LogP contribution < -0.4 is 15.4 Å². The Bertz CT molecular complexity index is 861. The van der Waals surface area contributed by atoms with Crippen molar-refractivity contribution in [3.63, 3.8) is 0 Å². The summed E-state index contributed by atoms with van der Waals surface area (Å²) < 4.78 is 5.81. The van der Waals surface area contributed by atoms with E-state index in [4.69, 9.17) is 17.0 Å². The average Bonchev–Trinajstić information content (AvgIpc) is 2.73. The third kappa shape index (κ3) is 6.39. The maximum atomic E-state index is 5.81. The van der Waals surface area contributed by atoms with E-state index in [-0.39, 0.29) is 0 Å². The minimum Gasteiger partial charge on any atom is -0.489 e. The summed E-state index contributed by atoms with van der Waals surface area (Å²) in [5.41, 5.74) is 4.41. The number of aryl methyl sites for hydroxylation is 1. The molecule has 0 aromatic heterocycles. The smallest absolute Gasteiger partial charge is 0.175 e. The average molecular weight is 391 g/mol. The topological polar surface area (TPSA) is 33.3 Å². The van der Waals surface area contributed by atoms with E-state index in [0.717, 1.165) is 29.1 Å². The summed E-state index contributed by atoms with van der Waals surface area (Å²) in [6.45, 7) is 2.77. The molecule has 3 rings (SSSR count). The first-order valence-corrected chi connectivity index (χ1v) is 10.1. The lowest BCUT2D eigenvalue weighted by atomic mass is 10.1.